The first-order valence-corrected chi connectivity index (χ1v) is 11.4. The molecule has 154 valence electrons. The van der Waals surface area contributed by atoms with E-state index < -0.39 is 10.0 Å². The van der Waals surface area contributed by atoms with Crippen LogP contribution in [0.25, 0.3) is 0 Å². The Kier molecular flexibility index (Phi) is 5.46. The number of nitrogens with zero attached hydrogens (tertiary/aromatic N) is 2. The highest BCUT2D eigenvalue weighted by Gasteiger charge is 2.30. The Hall–Kier alpha value is -2.22. The predicted octanol–water partition coefficient (Wildman–Crippen LogP) is 2.68. The molecule has 1 saturated heterocycles. The van der Waals surface area contributed by atoms with Crippen LogP contribution < -0.4 is 0 Å². The quantitative estimate of drug-likeness (QED) is 0.775. The number of sulfonamides is 1. The van der Waals surface area contributed by atoms with E-state index in [1.54, 1.807) is 23.1 Å². The van der Waals surface area contributed by atoms with E-state index in [1.165, 1.54) is 15.9 Å². The number of rotatable bonds is 3. The maximum atomic E-state index is 13.2. The summed E-state index contributed by atoms with van der Waals surface area (Å²) in [6, 6.07) is 14.3. The van der Waals surface area contributed by atoms with Crippen molar-refractivity contribution in [2.45, 2.75) is 43.9 Å². The van der Waals surface area contributed by atoms with Crippen molar-refractivity contribution in [3.63, 3.8) is 0 Å². The normalized spacial score (nSPS) is 22.9. The second-order valence-electron chi connectivity index (χ2n) is 7.85. The Labute approximate surface area is 172 Å². The van der Waals surface area contributed by atoms with Crippen molar-refractivity contribution in [1.29, 1.82) is 0 Å². The van der Waals surface area contributed by atoms with Crippen LogP contribution in [0.5, 0.6) is 0 Å². The van der Waals surface area contributed by atoms with Gasteiger partial charge in [-0.3, -0.25) is 4.79 Å². The maximum Gasteiger partial charge on any atom is 0.254 e. The molecule has 0 N–H and O–H groups in total. The van der Waals surface area contributed by atoms with Gasteiger partial charge in [-0.1, -0.05) is 30.3 Å². The lowest BCUT2D eigenvalue weighted by Gasteiger charge is -2.35. The Balaban J connectivity index is 1.57. The largest absolute Gasteiger partial charge is 0.372 e. The third-order valence-corrected chi connectivity index (χ3v) is 7.36. The summed E-state index contributed by atoms with van der Waals surface area (Å²) in [5.74, 6) is -0.159. The number of carbonyl (C=O) groups excluding carboxylic acids is 1. The fourth-order valence-corrected chi connectivity index (χ4v) is 5.61. The van der Waals surface area contributed by atoms with Gasteiger partial charge in [0.2, 0.25) is 10.0 Å². The molecule has 2 aliphatic rings. The van der Waals surface area contributed by atoms with E-state index in [1.807, 2.05) is 38.1 Å². The highest BCUT2D eigenvalue weighted by Crippen LogP contribution is 2.26. The molecule has 2 aromatic carbocycles. The van der Waals surface area contributed by atoms with Gasteiger partial charge in [-0.15, -0.1) is 0 Å². The van der Waals surface area contributed by atoms with Crippen LogP contribution >= 0.6 is 0 Å². The average Bonchev–Trinajstić information content (AvgIpc) is 2.72. The second kappa shape index (κ2) is 7.89. The van der Waals surface area contributed by atoms with Crippen molar-refractivity contribution in [3.8, 4) is 0 Å². The minimum absolute atomic E-state index is 0.0389. The molecular formula is C22H26N2O4S. The third kappa shape index (κ3) is 4.08. The first-order valence-electron chi connectivity index (χ1n) is 9.96. The molecule has 2 aliphatic heterocycles. The minimum Gasteiger partial charge on any atom is -0.372 e. The smallest absolute Gasteiger partial charge is 0.254 e. The Morgan fingerprint density at radius 2 is 1.69 bits per heavy atom. The van der Waals surface area contributed by atoms with Gasteiger partial charge in [0, 0.05) is 31.7 Å². The minimum atomic E-state index is -3.68. The van der Waals surface area contributed by atoms with Crippen LogP contribution in [0.2, 0.25) is 0 Å². The molecule has 0 bridgehead atoms. The first-order chi connectivity index (χ1) is 13.8. The van der Waals surface area contributed by atoms with E-state index in [-0.39, 0.29) is 23.0 Å². The molecule has 6 nitrogen and oxygen atoms in total. The highest BCUT2D eigenvalue weighted by atomic mass is 32.2. The molecule has 4 rings (SSSR count). The van der Waals surface area contributed by atoms with Gasteiger partial charge in [0.1, 0.15) is 0 Å². The number of carbonyl (C=O) groups is 1. The molecule has 2 heterocycles. The van der Waals surface area contributed by atoms with Gasteiger partial charge in [0.25, 0.3) is 5.91 Å². The third-order valence-electron chi connectivity index (χ3n) is 5.52. The summed E-state index contributed by atoms with van der Waals surface area (Å²) in [7, 11) is -3.68. The van der Waals surface area contributed by atoms with E-state index >= 15 is 0 Å². The van der Waals surface area contributed by atoms with Crippen molar-refractivity contribution >= 4 is 15.9 Å². The van der Waals surface area contributed by atoms with Crippen molar-refractivity contribution in [3.05, 3.63) is 65.2 Å². The zero-order chi connectivity index (χ0) is 20.6. The molecule has 1 fully saturated rings. The second-order valence-corrected chi connectivity index (χ2v) is 9.79. The van der Waals surface area contributed by atoms with E-state index in [2.05, 4.69) is 0 Å². The number of hydrogen-bond donors (Lipinski definition) is 0. The van der Waals surface area contributed by atoms with Gasteiger partial charge in [0.15, 0.2) is 0 Å². The van der Waals surface area contributed by atoms with Crippen LogP contribution in [-0.4, -0.2) is 55.4 Å². The van der Waals surface area contributed by atoms with Gasteiger partial charge < -0.3 is 9.64 Å². The molecule has 7 heteroatoms. The number of morpholine rings is 1. The van der Waals surface area contributed by atoms with Gasteiger partial charge in [-0.25, -0.2) is 8.42 Å². The fraction of sp³-hybridized carbons (Fsp3) is 0.409. The van der Waals surface area contributed by atoms with E-state index in [0.29, 0.717) is 38.2 Å². The van der Waals surface area contributed by atoms with E-state index in [4.69, 9.17) is 4.74 Å². The summed E-state index contributed by atoms with van der Waals surface area (Å²) < 4.78 is 33.7. The van der Waals surface area contributed by atoms with Crippen LogP contribution in [0.1, 0.15) is 35.3 Å². The van der Waals surface area contributed by atoms with Gasteiger partial charge in [-0.05, 0) is 49.6 Å². The van der Waals surface area contributed by atoms with Crippen LogP contribution in [-0.2, 0) is 27.7 Å². The van der Waals surface area contributed by atoms with Gasteiger partial charge in [0.05, 0.1) is 17.1 Å². The van der Waals surface area contributed by atoms with Crippen molar-refractivity contribution in [1.82, 2.24) is 9.21 Å². The average molecular weight is 415 g/mol. The van der Waals surface area contributed by atoms with E-state index in [0.717, 1.165) is 5.56 Å². The fourth-order valence-electron chi connectivity index (χ4n) is 4.14. The molecule has 2 atom stereocenters. The van der Waals surface area contributed by atoms with Gasteiger partial charge >= 0.3 is 0 Å². The monoisotopic (exact) mass is 414 g/mol. The summed E-state index contributed by atoms with van der Waals surface area (Å²) >= 11 is 0. The molecule has 0 aliphatic carbocycles. The summed E-state index contributed by atoms with van der Waals surface area (Å²) in [6.07, 6.45) is 0.614. The molecule has 1 amide bonds. The van der Waals surface area contributed by atoms with E-state index in [9.17, 15) is 13.2 Å². The SMILES string of the molecule is CC1CN(C(=O)c2cccc(S(=O)(=O)N3CCc4ccccc4C3)c2)CC(C)O1. The standard InChI is InChI=1S/C22H26N2O4S/c1-16-13-23(14-17(2)28-16)22(25)19-8-5-9-21(12-19)29(26,27)24-11-10-18-6-3-4-7-20(18)15-24/h3-9,12,16-17H,10-11,13-15H2,1-2H3. The number of ether oxygens (including phenoxy) is 1. The molecule has 2 unspecified atom stereocenters. The lowest BCUT2D eigenvalue weighted by atomic mass is 10.0. The molecule has 0 aromatic heterocycles. The number of amides is 1. The van der Waals surface area contributed by atoms with Crippen molar-refractivity contribution < 1.29 is 17.9 Å². The zero-order valence-corrected chi connectivity index (χ0v) is 17.6. The molecule has 29 heavy (non-hydrogen) atoms. The summed E-state index contributed by atoms with van der Waals surface area (Å²) in [4.78, 5) is 14.9. The summed E-state index contributed by atoms with van der Waals surface area (Å²) in [5.41, 5.74) is 2.62. The Morgan fingerprint density at radius 3 is 2.41 bits per heavy atom. The van der Waals surface area contributed by atoms with Crippen LogP contribution in [0.4, 0.5) is 0 Å². The molecule has 0 saturated carbocycles. The van der Waals surface area contributed by atoms with Crippen molar-refractivity contribution in [2.24, 2.45) is 0 Å². The predicted molar refractivity (Wildman–Crippen MR) is 110 cm³/mol. The number of hydrogen-bond acceptors (Lipinski definition) is 4. The lowest BCUT2D eigenvalue weighted by Crippen LogP contribution is -2.48. The summed E-state index contributed by atoms with van der Waals surface area (Å²) in [6.45, 7) is 5.67. The van der Waals surface area contributed by atoms with Crippen LogP contribution in [0.3, 0.4) is 0 Å². The molecule has 0 spiro atoms. The highest BCUT2D eigenvalue weighted by molar-refractivity contribution is 7.89. The Morgan fingerprint density at radius 1 is 1.00 bits per heavy atom. The number of benzene rings is 2. The lowest BCUT2D eigenvalue weighted by molar-refractivity contribution is -0.0586. The van der Waals surface area contributed by atoms with Crippen molar-refractivity contribution in [2.75, 3.05) is 19.6 Å². The molecule has 2 aromatic rings. The first kappa shape index (κ1) is 20.1. The molecular weight excluding hydrogens is 388 g/mol. The maximum absolute atomic E-state index is 13.2. The Bertz CT molecular complexity index is 1010. The van der Waals surface area contributed by atoms with Crippen LogP contribution in [0.15, 0.2) is 53.4 Å². The van der Waals surface area contributed by atoms with Crippen LogP contribution in [0, 0.1) is 0 Å². The van der Waals surface area contributed by atoms with Gasteiger partial charge in [-0.2, -0.15) is 4.31 Å². The number of fused-ring (bicyclic) bond motifs is 1. The zero-order valence-electron chi connectivity index (χ0n) is 16.7. The summed E-state index contributed by atoms with van der Waals surface area (Å²) in [5, 5.41) is 0. The topological polar surface area (TPSA) is 66.9 Å². The molecule has 0 radical (unpaired) electrons.